The molecule has 1 aromatic carbocycles. The highest BCUT2D eigenvalue weighted by Gasteiger charge is 2.32. The van der Waals surface area contributed by atoms with Gasteiger partial charge in [0.15, 0.2) is 21.9 Å². The second kappa shape index (κ2) is 11.1. The second-order valence-corrected chi connectivity index (χ2v) is 10.5. The molecular formula is C24H24B2F2N6O4S. The maximum Gasteiger partial charge on any atom is 0.261 e. The lowest BCUT2D eigenvalue weighted by atomic mass is 9.76. The van der Waals surface area contributed by atoms with E-state index in [-0.39, 0.29) is 40.0 Å². The first-order valence-electron chi connectivity index (χ1n) is 12.1. The van der Waals surface area contributed by atoms with Gasteiger partial charge in [0.25, 0.3) is 12.3 Å². The molecule has 0 bridgehead atoms. The highest BCUT2D eigenvalue weighted by atomic mass is 32.2. The van der Waals surface area contributed by atoms with Crippen LogP contribution >= 0.6 is 11.8 Å². The molecule has 3 heterocycles. The molecule has 2 fully saturated rings. The highest BCUT2D eigenvalue weighted by molar-refractivity contribution is 8.00. The third-order valence-corrected chi connectivity index (χ3v) is 6.89. The number of thioether (sulfide) groups is 1. The number of carbonyl (C=O) groups is 1. The van der Waals surface area contributed by atoms with Crippen LogP contribution in [0.4, 0.5) is 8.78 Å². The zero-order valence-electron chi connectivity index (χ0n) is 20.7. The molecule has 15 heteroatoms. The molecule has 0 aromatic heterocycles. The van der Waals surface area contributed by atoms with Crippen LogP contribution in [0.25, 0.3) is 5.57 Å². The van der Waals surface area contributed by atoms with E-state index in [4.69, 9.17) is 25.2 Å². The summed E-state index contributed by atoms with van der Waals surface area (Å²) in [5.74, 6) is 6.32. The number of halogens is 2. The van der Waals surface area contributed by atoms with Crippen molar-refractivity contribution in [3.05, 3.63) is 52.9 Å². The summed E-state index contributed by atoms with van der Waals surface area (Å²) in [6, 6.07) is 3.27. The molecule has 1 aromatic rings. The third-order valence-electron chi connectivity index (χ3n) is 5.88. The number of hydrogen-bond acceptors (Lipinski definition) is 10. The van der Waals surface area contributed by atoms with Crippen LogP contribution in [-0.2, 0) is 9.47 Å². The maximum absolute atomic E-state index is 13.7. The summed E-state index contributed by atoms with van der Waals surface area (Å²) in [6.45, 7) is 1.75. The lowest BCUT2D eigenvalue weighted by molar-refractivity contribution is -0.0332. The Morgan fingerprint density at radius 3 is 2.79 bits per heavy atom. The Bertz CT molecular complexity index is 1290. The fourth-order valence-electron chi connectivity index (χ4n) is 3.90. The lowest BCUT2D eigenvalue weighted by Crippen LogP contribution is -2.44. The lowest BCUT2D eigenvalue weighted by Gasteiger charge is -2.30. The summed E-state index contributed by atoms with van der Waals surface area (Å²) in [5.41, 5.74) is 6.48. The Morgan fingerprint density at radius 2 is 2.13 bits per heavy atom. The average Bonchev–Trinajstić information content (AvgIpc) is 3.44. The number of nitrogens with one attached hydrogen (secondary N) is 5. The Kier molecular flexibility index (Phi) is 7.82. The zero-order valence-corrected chi connectivity index (χ0v) is 21.5. The van der Waals surface area contributed by atoms with Crippen LogP contribution in [0.5, 0.6) is 0 Å². The minimum Gasteiger partial charge on any atom is -0.480 e. The van der Waals surface area contributed by atoms with E-state index in [1.54, 1.807) is 19.1 Å². The van der Waals surface area contributed by atoms with E-state index in [0.717, 1.165) is 19.0 Å². The van der Waals surface area contributed by atoms with E-state index >= 15 is 0 Å². The first kappa shape index (κ1) is 27.4. The van der Waals surface area contributed by atoms with Crippen LogP contribution < -0.4 is 26.9 Å². The molecule has 200 valence electrons. The predicted octanol–water partition coefficient (Wildman–Crippen LogP) is 0.327. The Morgan fingerprint density at radius 1 is 1.33 bits per heavy atom. The number of dihydropyridines is 1. The van der Waals surface area contributed by atoms with E-state index in [0.29, 0.717) is 11.5 Å². The van der Waals surface area contributed by atoms with Crippen molar-refractivity contribution in [3.63, 3.8) is 0 Å². The van der Waals surface area contributed by atoms with Gasteiger partial charge in [-0.1, -0.05) is 23.6 Å². The number of hydrogen-bond donors (Lipinski definition) is 6. The topological polar surface area (TPSA) is 128 Å². The van der Waals surface area contributed by atoms with Crippen molar-refractivity contribution in [2.75, 3.05) is 0 Å². The van der Waals surface area contributed by atoms with Crippen molar-refractivity contribution in [3.8, 4) is 11.8 Å². The largest absolute Gasteiger partial charge is 0.480 e. The number of alkyl halides is 2. The van der Waals surface area contributed by atoms with E-state index in [1.165, 1.54) is 23.9 Å². The fraction of sp³-hybridized carbons (Fsp3) is 0.417. The van der Waals surface area contributed by atoms with E-state index in [9.17, 15) is 18.7 Å². The van der Waals surface area contributed by atoms with Gasteiger partial charge in [0.2, 0.25) is 5.90 Å². The van der Waals surface area contributed by atoms with Gasteiger partial charge < -0.3 is 25.2 Å². The van der Waals surface area contributed by atoms with Crippen molar-refractivity contribution in [2.45, 2.75) is 54.9 Å². The number of hydrazone groups is 1. The van der Waals surface area contributed by atoms with E-state index < -0.39 is 29.5 Å². The molecule has 4 atom stereocenters. The normalized spacial score (nSPS) is 26.2. The number of nitrogens with zero attached hydrogens (tertiary/aromatic N) is 1. The highest BCUT2D eigenvalue weighted by Crippen LogP contribution is 2.33. The molecule has 10 nitrogen and oxygen atoms in total. The van der Waals surface area contributed by atoms with Crippen molar-refractivity contribution in [2.24, 2.45) is 11.0 Å². The molecule has 1 saturated heterocycles. The minimum absolute atomic E-state index is 0.0540. The number of carbonyl (C=O) groups excluding carboxylic acids is 1. The Balaban J connectivity index is 1.47. The zero-order chi connectivity index (χ0) is 27.7. The van der Waals surface area contributed by atoms with Crippen LogP contribution in [0.15, 0.2) is 41.3 Å². The molecule has 6 N–H and O–H groups in total. The first-order valence-corrected chi connectivity index (χ1v) is 13.1. The van der Waals surface area contributed by atoms with Gasteiger partial charge >= 0.3 is 0 Å². The number of ether oxygens (including phenoxy) is 2. The molecule has 4 unspecified atom stereocenters. The number of aliphatic hydroxyl groups is 1. The third kappa shape index (κ3) is 6.88. The number of allylic oxidation sites excluding steroid dienone is 1. The summed E-state index contributed by atoms with van der Waals surface area (Å²) >= 11 is 1.38. The Labute approximate surface area is 230 Å². The molecule has 39 heavy (non-hydrogen) atoms. The summed E-state index contributed by atoms with van der Waals surface area (Å²) < 4.78 is 38.3. The van der Waals surface area contributed by atoms with Gasteiger partial charge in [-0.05, 0) is 49.6 Å². The van der Waals surface area contributed by atoms with Crippen molar-refractivity contribution >= 4 is 44.8 Å². The van der Waals surface area contributed by atoms with Gasteiger partial charge in [-0.2, -0.15) is 0 Å². The number of hydrazine groups is 1. The van der Waals surface area contributed by atoms with Crippen molar-refractivity contribution in [1.29, 1.82) is 0 Å². The summed E-state index contributed by atoms with van der Waals surface area (Å²) in [4.78, 5) is 13.5. The van der Waals surface area contributed by atoms with Crippen molar-refractivity contribution < 1.29 is 28.2 Å². The van der Waals surface area contributed by atoms with Gasteiger partial charge in [0.05, 0.1) is 0 Å². The van der Waals surface area contributed by atoms with Crippen LogP contribution in [0, 0.1) is 17.8 Å². The molecule has 1 saturated carbocycles. The molecule has 3 aliphatic heterocycles. The Hall–Kier alpha value is -3.18. The van der Waals surface area contributed by atoms with Crippen LogP contribution in [0.1, 0.15) is 41.3 Å². The summed E-state index contributed by atoms with van der Waals surface area (Å²) in [6.07, 6.45) is 1.32. The van der Waals surface area contributed by atoms with Crippen molar-refractivity contribution in [1.82, 2.24) is 26.9 Å². The predicted molar refractivity (Wildman–Crippen MR) is 143 cm³/mol. The quantitative estimate of drug-likeness (QED) is 0.161. The smallest absolute Gasteiger partial charge is 0.261 e. The van der Waals surface area contributed by atoms with Gasteiger partial charge in [-0.15, -0.1) is 5.10 Å². The van der Waals surface area contributed by atoms with E-state index in [1.807, 2.05) is 0 Å². The molecule has 0 spiro atoms. The van der Waals surface area contributed by atoms with Crippen LogP contribution in [-0.4, -0.2) is 67.8 Å². The molecule has 1 amide bonds. The molecule has 4 radical (unpaired) electrons. The minimum atomic E-state index is -2.79. The van der Waals surface area contributed by atoms with Gasteiger partial charge in [-0.25, -0.2) is 19.6 Å². The summed E-state index contributed by atoms with van der Waals surface area (Å²) in [7, 11) is 10.8. The number of benzene rings is 1. The van der Waals surface area contributed by atoms with Gasteiger partial charge in [0.1, 0.15) is 28.3 Å². The monoisotopic (exact) mass is 552 g/mol. The van der Waals surface area contributed by atoms with Gasteiger partial charge in [-0.3, -0.25) is 10.2 Å². The van der Waals surface area contributed by atoms with Gasteiger partial charge in [0, 0.05) is 28.8 Å². The van der Waals surface area contributed by atoms with Crippen LogP contribution in [0.3, 0.4) is 0 Å². The standard InChI is InChI=1S/C24H24B2F2N6O4S/c1-11-31-33-22(37-11)13-5-6-14(21(35)30-23-34-32-19(39-23)7-4-12-2-3-12)15(8-13)16-9-17(20(27)28)29-10-18(16)38-24(25,26)36/h5-6,8-12,17,19-20,23,29,31-32,34,36H,2-3H2,1H3,(H,30,35). The number of rotatable bonds is 7. The maximum atomic E-state index is 13.7. The van der Waals surface area contributed by atoms with E-state index in [2.05, 4.69) is 43.9 Å². The van der Waals surface area contributed by atoms with Crippen LogP contribution in [0.2, 0.25) is 0 Å². The average molecular weight is 552 g/mol. The molecule has 1 aliphatic carbocycles. The SMILES string of the molecule is [B]C([B])(O)OC1=CNC(C(F)F)C=C1c1cc(C2=NNC(C)O2)ccc1C(=O)NC1NNC(C#CC2CC2)S1. The fourth-order valence-corrected chi connectivity index (χ4v) is 4.76. The molecule has 4 aliphatic rings. The summed E-state index contributed by atoms with van der Waals surface area (Å²) in [5, 5.41) is 19.1. The second-order valence-electron chi connectivity index (χ2n) is 9.26. The number of amides is 1. The molecular weight excluding hydrogens is 528 g/mol. The first-order chi connectivity index (χ1) is 18.6. The molecule has 5 rings (SSSR count).